The number of halogens is 1. The van der Waals surface area contributed by atoms with Gasteiger partial charge in [-0.1, -0.05) is 50.6 Å². The van der Waals surface area contributed by atoms with Crippen LogP contribution in [0.4, 0.5) is 0 Å². The van der Waals surface area contributed by atoms with Gasteiger partial charge in [0.1, 0.15) is 0 Å². The summed E-state index contributed by atoms with van der Waals surface area (Å²) in [4.78, 5) is 11.9. The molecule has 0 saturated carbocycles. The molecule has 0 aliphatic heterocycles. The van der Waals surface area contributed by atoms with Crippen LogP contribution in [-0.2, 0) is 23.6 Å². The molecule has 3 aromatic rings. The summed E-state index contributed by atoms with van der Waals surface area (Å²) in [5.41, 5.74) is 5.31. The molecule has 3 nitrogen and oxygen atoms in total. The highest BCUT2D eigenvalue weighted by Gasteiger charge is 2.25. The summed E-state index contributed by atoms with van der Waals surface area (Å²) in [7, 11) is 3.49. The van der Waals surface area contributed by atoms with Crippen molar-refractivity contribution in [2.75, 3.05) is 7.11 Å². The Labute approximate surface area is 159 Å². The number of nitrogens with zero attached hydrogens (tertiary/aromatic N) is 1. The maximum absolute atomic E-state index is 11.9. The van der Waals surface area contributed by atoms with Crippen LogP contribution in [0.15, 0.2) is 42.5 Å². The van der Waals surface area contributed by atoms with Crippen molar-refractivity contribution in [2.24, 2.45) is 7.05 Å². The molecule has 4 heteroatoms. The maximum Gasteiger partial charge on any atom is 0.337 e. The van der Waals surface area contributed by atoms with Crippen molar-refractivity contribution < 1.29 is 9.53 Å². The standard InChI is InChI=1S/C22H24ClNO2/c1-22(2,3)20-18(17-10-9-16(23)13-19(17)24(20)4)12-14-7-6-8-15(11-14)21(25)26-5/h6-11,13H,12H2,1-5H3. The second-order valence-corrected chi connectivity index (χ2v) is 8.10. The molecule has 1 heterocycles. The average molecular weight is 370 g/mol. The molecule has 0 N–H and O–H groups in total. The molecule has 2 aromatic carbocycles. The average Bonchev–Trinajstić information content (AvgIpc) is 2.86. The van der Waals surface area contributed by atoms with E-state index in [0.717, 1.165) is 22.5 Å². The van der Waals surface area contributed by atoms with E-state index in [4.69, 9.17) is 16.3 Å². The maximum atomic E-state index is 11.9. The Kier molecular flexibility index (Phi) is 4.85. The first-order valence-electron chi connectivity index (χ1n) is 8.67. The fourth-order valence-electron chi connectivity index (χ4n) is 3.75. The Balaban J connectivity index is 2.17. The van der Waals surface area contributed by atoms with Gasteiger partial charge in [-0.3, -0.25) is 0 Å². The van der Waals surface area contributed by atoms with E-state index in [0.29, 0.717) is 5.56 Å². The van der Waals surface area contributed by atoms with Gasteiger partial charge in [-0.15, -0.1) is 0 Å². The summed E-state index contributed by atoms with van der Waals surface area (Å²) in [5.74, 6) is -0.312. The molecular formula is C22H24ClNO2. The topological polar surface area (TPSA) is 31.2 Å². The normalized spacial score (nSPS) is 11.8. The van der Waals surface area contributed by atoms with E-state index < -0.39 is 0 Å². The Hall–Kier alpha value is -2.26. The van der Waals surface area contributed by atoms with Gasteiger partial charge in [-0.05, 0) is 41.8 Å². The Morgan fingerprint density at radius 2 is 1.88 bits per heavy atom. The van der Waals surface area contributed by atoms with E-state index in [1.807, 2.05) is 30.3 Å². The van der Waals surface area contributed by atoms with Crippen LogP contribution in [0.3, 0.4) is 0 Å². The number of carbonyl (C=O) groups excluding carboxylic acids is 1. The van der Waals surface area contributed by atoms with Gasteiger partial charge in [0.15, 0.2) is 0 Å². The van der Waals surface area contributed by atoms with Crippen molar-refractivity contribution in [3.63, 3.8) is 0 Å². The molecule has 0 atom stereocenters. The first-order chi connectivity index (χ1) is 12.2. The van der Waals surface area contributed by atoms with Gasteiger partial charge in [-0.25, -0.2) is 4.79 Å². The molecule has 0 radical (unpaired) electrons. The molecule has 136 valence electrons. The smallest absolute Gasteiger partial charge is 0.337 e. The number of aromatic nitrogens is 1. The molecule has 0 bridgehead atoms. The first kappa shape index (κ1) is 18.5. The van der Waals surface area contributed by atoms with Gasteiger partial charge < -0.3 is 9.30 Å². The number of benzene rings is 2. The summed E-state index contributed by atoms with van der Waals surface area (Å²) >= 11 is 6.23. The number of aryl methyl sites for hydroxylation is 1. The van der Waals surface area contributed by atoms with E-state index in [2.05, 4.69) is 38.5 Å². The first-order valence-corrected chi connectivity index (χ1v) is 9.04. The molecule has 0 amide bonds. The quantitative estimate of drug-likeness (QED) is 0.570. The number of hydrogen-bond donors (Lipinski definition) is 0. The number of rotatable bonds is 3. The van der Waals surface area contributed by atoms with Gasteiger partial charge in [0.25, 0.3) is 0 Å². The number of methoxy groups -OCH3 is 1. The van der Waals surface area contributed by atoms with Gasteiger partial charge >= 0.3 is 5.97 Å². The summed E-state index contributed by atoms with van der Waals surface area (Å²) in [6.45, 7) is 6.66. The molecule has 1 aromatic heterocycles. The number of ether oxygens (including phenoxy) is 1. The van der Waals surface area contributed by atoms with Gasteiger partial charge in [0.05, 0.1) is 12.7 Å². The highest BCUT2D eigenvalue weighted by molar-refractivity contribution is 6.31. The molecule has 0 fully saturated rings. The second-order valence-electron chi connectivity index (χ2n) is 7.67. The summed E-state index contributed by atoms with van der Waals surface area (Å²) in [6.07, 6.45) is 0.746. The van der Waals surface area contributed by atoms with E-state index in [9.17, 15) is 4.79 Å². The van der Waals surface area contributed by atoms with E-state index >= 15 is 0 Å². The predicted molar refractivity (Wildman–Crippen MR) is 107 cm³/mol. The van der Waals surface area contributed by atoms with Crippen LogP contribution in [0.2, 0.25) is 5.02 Å². The van der Waals surface area contributed by atoms with Gasteiger partial charge in [0.2, 0.25) is 0 Å². The molecule has 26 heavy (non-hydrogen) atoms. The monoisotopic (exact) mass is 369 g/mol. The molecule has 0 unspecified atom stereocenters. The van der Waals surface area contributed by atoms with Crippen LogP contribution in [0.1, 0.15) is 48.0 Å². The summed E-state index contributed by atoms with van der Waals surface area (Å²) < 4.78 is 7.09. The van der Waals surface area contributed by atoms with Crippen molar-refractivity contribution in [1.29, 1.82) is 0 Å². The fourth-order valence-corrected chi connectivity index (χ4v) is 3.92. The predicted octanol–water partition coefficient (Wildman–Crippen LogP) is 5.51. The molecule has 3 rings (SSSR count). The van der Waals surface area contributed by atoms with Gasteiger partial charge in [0, 0.05) is 34.1 Å². The van der Waals surface area contributed by atoms with Crippen LogP contribution in [0.5, 0.6) is 0 Å². The third kappa shape index (κ3) is 3.36. The second kappa shape index (κ2) is 6.81. The van der Waals surface area contributed by atoms with Crippen molar-refractivity contribution in [3.8, 4) is 0 Å². The zero-order valence-electron chi connectivity index (χ0n) is 15.9. The van der Waals surface area contributed by atoms with Crippen LogP contribution >= 0.6 is 11.6 Å². The molecule has 0 aliphatic carbocycles. The van der Waals surface area contributed by atoms with Crippen molar-refractivity contribution in [1.82, 2.24) is 4.57 Å². The Morgan fingerprint density at radius 3 is 2.54 bits per heavy atom. The van der Waals surface area contributed by atoms with Crippen LogP contribution in [0, 0.1) is 0 Å². The summed E-state index contributed by atoms with van der Waals surface area (Å²) in [6, 6.07) is 13.7. The van der Waals surface area contributed by atoms with Crippen molar-refractivity contribution >= 4 is 28.5 Å². The number of fused-ring (bicyclic) bond motifs is 1. The van der Waals surface area contributed by atoms with Gasteiger partial charge in [-0.2, -0.15) is 0 Å². The molecular weight excluding hydrogens is 346 g/mol. The number of esters is 1. The van der Waals surface area contributed by atoms with Crippen molar-refractivity contribution in [2.45, 2.75) is 32.6 Å². The third-order valence-electron chi connectivity index (χ3n) is 4.71. The SMILES string of the molecule is COC(=O)c1cccc(Cc2c(C(C)(C)C)n(C)c3cc(Cl)ccc23)c1. The lowest BCUT2D eigenvalue weighted by atomic mass is 9.86. The lowest BCUT2D eigenvalue weighted by molar-refractivity contribution is 0.0600. The molecule has 0 aliphatic rings. The minimum absolute atomic E-state index is 0.0183. The molecule has 0 saturated heterocycles. The van der Waals surface area contributed by atoms with Crippen LogP contribution in [-0.4, -0.2) is 17.6 Å². The zero-order valence-corrected chi connectivity index (χ0v) is 16.6. The zero-order chi connectivity index (χ0) is 19.1. The van der Waals surface area contributed by atoms with E-state index in [-0.39, 0.29) is 11.4 Å². The Bertz CT molecular complexity index is 980. The minimum atomic E-state index is -0.312. The minimum Gasteiger partial charge on any atom is -0.465 e. The Morgan fingerprint density at radius 1 is 1.15 bits per heavy atom. The lowest BCUT2D eigenvalue weighted by Gasteiger charge is -2.23. The number of hydrogen-bond acceptors (Lipinski definition) is 2. The third-order valence-corrected chi connectivity index (χ3v) is 4.94. The van der Waals surface area contributed by atoms with Crippen LogP contribution < -0.4 is 0 Å². The number of carbonyl (C=O) groups is 1. The fraction of sp³-hybridized carbons (Fsp3) is 0.318. The van der Waals surface area contributed by atoms with Crippen LogP contribution in [0.25, 0.3) is 10.9 Å². The largest absolute Gasteiger partial charge is 0.465 e. The van der Waals surface area contributed by atoms with E-state index in [1.165, 1.54) is 23.8 Å². The lowest BCUT2D eigenvalue weighted by Crippen LogP contribution is -2.18. The summed E-state index contributed by atoms with van der Waals surface area (Å²) in [5, 5.41) is 1.93. The van der Waals surface area contributed by atoms with E-state index in [1.54, 1.807) is 6.07 Å². The van der Waals surface area contributed by atoms with Crippen molar-refractivity contribution in [3.05, 3.63) is 69.9 Å². The molecule has 0 spiro atoms. The highest BCUT2D eigenvalue weighted by atomic mass is 35.5. The highest BCUT2D eigenvalue weighted by Crippen LogP contribution is 2.36.